The van der Waals surface area contributed by atoms with Crippen molar-refractivity contribution in [3.05, 3.63) is 124 Å². The molecule has 7 nitrogen and oxygen atoms in total. The SMILES string of the molecule is Cc1ccc(/C2=C/C=C\CNc3nc(-c4n[nH]c5ccc(-c6cncc(CNCc7ccccc7)c6)cc45)[nH]c32)s1. The zero-order valence-electron chi connectivity index (χ0n) is 22.6. The molecule has 4 N–H and O–H groups in total. The van der Waals surface area contributed by atoms with Gasteiger partial charge in [-0.05, 0) is 53.9 Å². The Morgan fingerprint density at radius 1 is 0.927 bits per heavy atom. The van der Waals surface area contributed by atoms with Gasteiger partial charge in [0.15, 0.2) is 11.6 Å². The van der Waals surface area contributed by atoms with Crippen molar-refractivity contribution in [2.24, 2.45) is 0 Å². The first-order chi connectivity index (χ1) is 20.2. The Morgan fingerprint density at radius 3 is 2.71 bits per heavy atom. The third kappa shape index (κ3) is 5.23. The highest BCUT2D eigenvalue weighted by Gasteiger charge is 2.21. The molecular formula is C33H29N7S. The second-order valence-electron chi connectivity index (χ2n) is 10.1. The summed E-state index contributed by atoms with van der Waals surface area (Å²) in [5.74, 6) is 1.55. The Hall–Kier alpha value is -4.79. The summed E-state index contributed by atoms with van der Waals surface area (Å²) >= 11 is 1.78. The fourth-order valence-electron chi connectivity index (χ4n) is 5.13. The fraction of sp³-hybridized carbons (Fsp3) is 0.121. The number of pyridine rings is 1. The standard InChI is InChI=1S/C33H29N7S/c1-21-10-13-29(41-21)26-9-5-6-14-36-32-30(26)37-33(38-32)31-27-16-24(11-12-28(27)39-40-31)25-15-23(19-35-20-25)18-34-17-22-7-3-2-4-8-22/h2-13,15-16,19-20,34,36H,14,17-18H2,1H3,(H,37,38)(H,39,40)/b6-5-,26-9-. The van der Waals surface area contributed by atoms with E-state index in [1.165, 1.54) is 15.3 Å². The molecule has 0 saturated carbocycles. The van der Waals surface area contributed by atoms with E-state index in [1.54, 1.807) is 11.3 Å². The summed E-state index contributed by atoms with van der Waals surface area (Å²) in [4.78, 5) is 15.6. The number of anilines is 1. The quantitative estimate of drug-likeness (QED) is 0.169. The molecule has 0 spiro atoms. The van der Waals surface area contributed by atoms with Crippen molar-refractivity contribution >= 4 is 33.6 Å². The van der Waals surface area contributed by atoms with Crippen LogP contribution in [0.2, 0.25) is 0 Å². The van der Waals surface area contributed by atoms with Crippen molar-refractivity contribution in [2.75, 3.05) is 11.9 Å². The number of nitrogens with one attached hydrogen (secondary N) is 4. The van der Waals surface area contributed by atoms with Crippen molar-refractivity contribution < 1.29 is 0 Å². The first kappa shape index (κ1) is 25.2. The average Bonchev–Trinajstić information content (AvgIpc) is 3.72. The second kappa shape index (κ2) is 11.0. The predicted octanol–water partition coefficient (Wildman–Crippen LogP) is 7.09. The molecule has 0 bridgehead atoms. The zero-order valence-corrected chi connectivity index (χ0v) is 23.4. The molecule has 7 rings (SSSR count). The van der Waals surface area contributed by atoms with Crippen molar-refractivity contribution in [3.8, 4) is 22.6 Å². The zero-order chi connectivity index (χ0) is 27.6. The molecule has 5 heterocycles. The summed E-state index contributed by atoms with van der Waals surface area (Å²) in [7, 11) is 0. The number of H-pyrrole nitrogens is 2. The lowest BCUT2D eigenvalue weighted by Gasteiger charge is -2.09. The van der Waals surface area contributed by atoms with Crippen LogP contribution in [0.1, 0.15) is 26.6 Å². The van der Waals surface area contributed by atoms with E-state index in [0.29, 0.717) is 6.54 Å². The molecule has 0 atom stereocenters. The van der Waals surface area contributed by atoms with Gasteiger partial charge in [-0.15, -0.1) is 11.3 Å². The smallest absolute Gasteiger partial charge is 0.161 e. The van der Waals surface area contributed by atoms with Gasteiger partial charge in [0.05, 0.1) is 11.2 Å². The van der Waals surface area contributed by atoms with Gasteiger partial charge >= 0.3 is 0 Å². The lowest BCUT2D eigenvalue weighted by atomic mass is 10.0. The summed E-state index contributed by atoms with van der Waals surface area (Å²) in [6.45, 7) is 4.40. The second-order valence-corrected chi connectivity index (χ2v) is 11.4. The van der Waals surface area contributed by atoms with Gasteiger partial charge in [0.2, 0.25) is 0 Å². The third-order valence-corrected chi connectivity index (χ3v) is 8.22. The number of hydrogen-bond donors (Lipinski definition) is 4. The van der Waals surface area contributed by atoms with E-state index in [9.17, 15) is 0 Å². The highest BCUT2D eigenvalue weighted by molar-refractivity contribution is 7.13. The minimum absolute atomic E-state index is 0.708. The van der Waals surface area contributed by atoms with E-state index in [2.05, 4.69) is 117 Å². The summed E-state index contributed by atoms with van der Waals surface area (Å²) < 4.78 is 0. The Bertz CT molecular complexity index is 1890. The molecule has 2 aromatic carbocycles. The van der Waals surface area contributed by atoms with Gasteiger partial charge in [0.1, 0.15) is 5.69 Å². The number of fused-ring (bicyclic) bond motifs is 2. The Kier molecular flexibility index (Phi) is 6.76. The molecule has 0 fully saturated rings. The number of rotatable bonds is 7. The van der Waals surface area contributed by atoms with Crippen molar-refractivity contribution in [1.29, 1.82) is 0 Å². The maximum absolute atomic E-state index is 4.96. The monoisotopic (exact) mass is 555 g/mol. The average molecular weight is 556 g/mol. The van der Waals surface area contributed by atoms with Crippen LogP contribution in [0.3, 0.4) is 0 Å². The van der Waals surface area contributed by atoms with Crippen LogP contribution >= 0.6 is 11.3 Å². The van der Waals surface area contributed by atoms with Crippen LogP contribution < -0.4 is 10.6 Å². The number of thiophene rings is 1. The Balaban J connectivity index is 1.19. The van der Waals surface area contributed by atoms with E-state index < -0.39 is 0 Å². The highest BCUT2D eigenvalue weighted by atomic mass is 32.1. The fourth-order valence-corrected chi connectivity index (χ4v) is 6.03. The molecule has 0 radical (unpaired) electrons. The molecule has 0 amide bonds. The normalized spacial score (nSPS) is 15.0. The maximum atomic E-state index is 4.96. The maximum Gasteiger partial charge on any atom is 0.161 e. The van der Waals surface area contributed by atoms with Crippen LogP contribution in [0.25, 0.3) is 39.1 Å². The van der Waals surface area contributed by atoms with Crippen LogP contribution in [0, 0.1) is 6.92 Å². The van der Waals surface area contributed by atoms with E-state index in [0.717, 1.165) is 69.3 Å². The molecule has 41 heavy (non-hydrogen) atoms. The van der Waals surface area contributed by atoms with E-state index in [-0.39, 0.29) is 0 Å². The minimum atomic E-state index is 0.708. The number of benzene rings is 2. The Labute approximate surface area is 242 Å². The van der Waals surface area contributed by atoms with Crippen LogP contribution in [0.15, 0.2) is 97.4 Å². The molecule has 1 aliphatic heterocycles. The lowest BCUT2D eigenvalue weighted by Crippen LogP contribution is -2.12. The first-order valence-corrected chi connectivity index (χ1v) is 14.5. The van der Waals surface area contributed by atoms with Crippen molar-refractivity contribution in [2.45, 2.75) is 20.0 Å². The van der Waals surface area contributed by atoms with Crippen molar-refractivity contribution in [3.63, 3.8) is 0 Å². The number of allylic oxidation sites excluding steroid dienone is 2. The predicted molar refractivity (Wildman–Crippen MR) is 168 cm³/mol. The van der Waals surface area contributed by atoms with Gasteiger partial charge < -0.3 is 15.6 Å². The summed E-state index contributed by atoms with van der Waals surface area (Å²) in [5, 5.41) is 15.8. The van der Waals surface area contributed by atoms with Gasteiger partial charge in [0, 0.05) is 58.3 Å². The van der Waals surface area contributed by atoms with E-state index in [1.807, 2.05) is 18.5 Å². The number of aromatic nitrogens is 5. The van der Waals surface area contributed by atoms with Gasteiger partial charge in [-0.25, -0.2) is 4.98 Å². The molecular weight excluding hydrogens is 526 g/mol. The molecule has 202 valence electrons. The lowest BCUT2D eigenvalue weighted by molar-refractivity contribution is 0.691. The van der Waals surface area contributed by atoms with Crippen LogP contribution in [0.5, 0.6) is 0 Å². The Morgan fingerprint density at radius 2 is 1.83 bits per heavy atom. The van der Waals surface area contributed by atoms with Crippen LogP contribution in [-0.4, -0.2) is 31.7 Å². The van der Waals surface area contributed by atoms with E-state index >= 15 is 0 Å². The summed E-state index contributed by atoms with van der Waals surface area (Å²) in [6, 6.07) is 23.3. The molecule has 4 aromatic heterocycles. The first-order valence-electron chi connectivity index (χ1n) is 13.7. The molecule has 1 aliphatic rings. The topological polar surface area (TPSA) is 94.3 Å². The number of aryl methyl sites for hydroxylation is 1. The van der Waals surface area contributed by atoms with Gasteiger partial charge in [-0.1, -0.05) is 54.6 Å². The number of aromatic amines is 2. The summed E-state index contributed by atoms with van der Waals surface area (Å²) in [6.07, 6.45) is 10.2. The number of imidazole rings is 1. The number of nitrogens with zero attached hydrogens (tertiary/aromatic N) is 3. The summed E-state index contributed by atoms with van der Waals surface area (Å²) in [5.41, 5.74) is 8.39. The molecule has 0 aliphatic carbocycles. The largest absolute Gasteiger partial charge is 0.365 e. The van der Waals surface area contributed by atoms with Crippen LogP contribution in [0.4, 0.5) is 5.82 Å². The van der Waals surface area contributed by atoms with Gasteiger partial charge in [0.25, 0.3) is 0 Å². The molecule has 0 unspecified atom stereocenters. The van der Waals surface area contributed by atoms with E-state index in [4.69, 9.17) is 4.98 Å². The number of hydrogen-bond acceptors (Lipinski definition) is 6. The van der Waals surface area contributed by atoms with Crippen molar-refractivity contribution in [1.82, 2.24) is 30.5 Å². The molecule has 6 aromatic rings. The van der Waals surface area contributed by atoms with Crippen LogP contribution in [-0.2, 0) is 13.1 Å². The highest BCUT2D eigenvalue weighted by Crippen LogP contribution is 2.36. The van der Waals surface area contributed by atoms with Gasteiger partial charge in [-0.2, -0.15) is 5.10 Å². The third-order valence-electron chi connectivity index (χ3n) is 7.18. The molecule has 8 heteroatoms. The minimum Gasteiger partial charge on any atom is -0.365 e. The molecule has 0 saturated heterocycles. The van der Waals surface area contributed by atoms with Gasteiger partial charge in [-0.3, -0.25) is 10.1 Å².